The van der Waals surface area contributed by atoms with E-state index in [0.717, 1.165) is 62.4 Å². The van der Waals surface area contributed by atoms with Gasteiger partial charge < -0.3 is 20.4 Å². The Morgan fingerprint density at radius 1 is 1.38 bits per heavy atom. The molecule has 0 aromatic carbocycles. The fourth-order valence-corrected chi connectivity index (χ4v) is 4.40. The van der Waals surface area contributed by atoms with E-state index >= 15 is 0 Å². The number of amides is 1. The lowest BCUT2D eigenvalue weighted by Crippen LogP contribution is -2.45. The third-order valence-electron chi connectivity index (χ3n) is 5.00. The summed E-state index contributed by atoms with van der Waals surface area (Å²) in [4.78, 5) is 25.2. The quantitative estimate of drug-likeness (QED) is 0.579. The number of hydrogen-bond donors (Lipinski definition) is 2. The van der Waals surface area contributed by atoms with Crippen LogP contribution in [0.5, 0.6) is 0 Å². The highest BCUT2D eigenvalue weighted by molar-refractivity contribution is 7.13. The number of guanidine groups is 1. The summed E-state index contributed by atoms with van der Waals surface area (Å²) >= 11 is 1.75. The molecule has 144 valence electrons. The van der Waals surface area contributed by atoms with Crippen molar-refractivity contribution in [3.63, 3.8) is 0 Å². The molecule has 1 aromatic heterocycles. The number of aromatic nitrogens is 1. The van der Waals surface area contributed by atoms with Crippen molar-refractivity contribution in [3.8, 4) is 0 Å². The summed E-state index contributed by atoms with van der Waals surface area (Å²) in [7, 11) is 1.79. The second-order valence-corrected chi connectivity index (χ2v) is 7.72. The highest BCUT2D eigenvalue weighted by Gasteiger charge is 2.25. The molecule has 26 heavy (non-hydrogen) atoms. The Morgan fingerprint density at radius 3 is 2.92 bits per heavy atom. The largest absolute Gasteiger partial charge is 0.356 e. The van der Waals surface area contributed by atoms with Crippen LogP contribution in [0, 0.1) is 0 Å². The maximum Gasteiger partial charge on any atom is 0.222 e. The van der Waals surface area contributed by atoms with E-state index in [4.69, 9.17) is 4.98 Å². The SMILES string of the molecule is CCC(=O)N1CCC(NC(=NC)NCCc2csc(N3CCCC3)n2)C1. The van der Waals surface area contributed by atoms with Crippen molar-refractivity contribution in [2.45, 2.75) is 45.1 Å². The molecule has 0 aliphatic carbocycles. The summed E-state index contributed by atoms with van der Waals surface area (Å²) < 4.78 is 0. The lowest BCUT2D eigenvalue weighted by atomic mass is 10.3. The summed E-state index contributed by atoms with van der Waals surface area (Å²) in [5, 5.41) is 10.1. The van der Waals surface area contributed by atoms with E-state index in [0.29, 0.717) is 6.42 Å². The standard InChI is InChI=1S/C18H30N6OS/c1-3-16(25)24-11-7-14(12-24)21-17(19-2)20-8-6-15-13-26-18(22-15)23-9-4-5-10-23/h13-14H,3-12H2,1-2H3,(H2,19,20,21). The minimum absolute atomic E-state index is 0.231. The van der Waals surface area contributed by atoms with Gasteiger partial charge in [0.2, 0.25) is 5.91 Å². The monoisotopic (exact) mass is 378 g/mol. The molecule has 3 heterocycles. The molecule has 2 aliphatic heterocycles. The van der Waals surface area contributed by atoms with Gasteiger partial charge in [0.25, 0.3) is 0 Å². The Morgan fingerprint density at radius 2 is 2.19 bits per heavy atom. The van der Waals surface area contributed by atoms with Crippen LogP contribution >= 0.6 is 11.3 Å². The minimum Gasteiger partial charge on any atom is -0.356 e. The van der Waals surface area contributed by atoms with Crippen LogP contribution in [-0.4, -0.2) is 67.6 Å². The number of thiazole rings is 1. The lowest BCUT2D eigenvalue weighted by molar-refractivity contribution is -0.129. The first-order chi connectivity index (χ1) is 12.7. The van der Waals surface area contributed by atoms with Crippen LogP contribution in [0.1, 0.15) is 38.3 Å². The Labute approximate surface area is 159 Å². The van der Waals surface area contributed by atoms with Crippen LogP contribution in [0.25, 0.3) is 0 Å². The lowest BCUT2D eigenvalue weighted by Gasteiger charge is -2.18. The van der Waals surface area contributed by atoms with E-state index in [2.05, 4.69) is 25.9 Å². The summed E-state index contributed by atoms with van der Waals surface area (Å²) in [6, 6.07) is 0.276. The van der Waals surface area contributed by atoms with Crippen molar-refractivity contribution < 1.29 is 4.79 Å². The van der Waals surface area contributed by atoms with Gasteiger partial charge in [-0.1, -0.05) is 6.92 Å². The van der Waals surface area contributed by atoms with Crippen molar-refractivity contribution in [1.82, 2.24) is 20.5 Å². The Kier molecular flexibility index (Phi) is 6.71. The second-order valence-electron chi connectivity index (χ2n) is 6.89. The van der Waals surface area contributed by atoms with Gasteiger partial charge in [-0.05, 0) is 19.3 Å². The highest BCUT2D eigenvalue weighted by atomic mass is 32.1. The van der Waals surface area contributed by atoms with Crippen molar-refractivity contribution >= 4 is 28.3 Å². The minimum atomic E-state index is 0.231. The van der Waals surface area contributed by atoms with Gasteiger partial charge in [0, 0.05) is 64.0 Å². The van der Waals surface area contributed by atoms with Crippen molar-refractivity contribution in [1.29, 1.82) is 0 Å². The summed E-state index contributed by atoms with van der Waals surface area (Å²) in [6.45, 7) is 6.59. The number of carbonyl (C=O) groups is 1. The zero-order valence-corrected chi connectivity index (χ0v) is 16.6. The number of rotatable bonds is 6. The van der Waals surface area contributed by atoms with Crippen molar-refractivity contribution in [2.24, 2.45) is 4.99 Å². The van der Waals surface area contributed by atoms with Gasteiger partial charge in [0.1, 0.15) is 0 Å². The van der Waals surface area contributed by atoms with E-state index in [9.17, 15) is 4.79 Å². The molecule has 1 atom stereocenters. The van der Waals surface area contributed by atoms with Crippen LogP contribution in [0.4, 0.5) is 5.13 Å². The third-order valence-corrected chi connectivity index (χ3v) is 5.95. The van der Waals surface area contributed by atoms with Crippen LogP contribution in [0.15, 0.2) is 10.4 Å². The predicted octanol–water partition coefficient (Wildman–Crippen LogP) is 1.46. The maximum atomic E-state index is 11.8. The van der Waals surface area contributed by atoms with Gasteiger partial charge >= 0.3 is 0 Å². The number of carbonyl (C=O) groups excluding carboxylic acids is 1. The summed E-state index contributed by atoms with van der Waals surface area (Å²) in [5.74, 6) is 1.03. The summed E-state index contributed by atoms with van der Waals surface area (Å²) in [6.07, 6.45) is 4.99. The van der Waals surface area contributed by atoms with E-state index in [-0.39, 0.29) is 11.9 Å². The van der Waals surface area contributed by atoms with Gasteiger partial charge in [-0.3, -0.25) is 9.79 Å². The Balaban J connectivity index is 1.40. The van der Waals surface area contributed by atoms with Crippen LogP contribution in [0.3, 0.4) is 0 Å². The number of likely N-dealkylation sites (tertiary alicyclic amines) is 1. The van der Waals surface area contributed by atoms with Crippen molar-refractivity contribution in [3.05, 3.63) is 11.1 Å². The number of nitrogens with zero attached hydrogens (tertiary/aromatic N) is 4. The van der Waals surface area contributed by atoms with Gasteiger partial charge in [0.05, 0.1) is 5.69 Å². The second kappa shape index (κ2) is 9.21. The van der Waals surface area contributed by atoms with E-state index < -0.39 is 0 Å². The van der Waals surface area contributed by atoms with Gasteiger partial charge in [-0.15, -0.1) is 11.3 Å². The molecule has 2 N–H and O–H groups in total. The normalized spacial score (nSPS) is 20.7. The number of hydrogen-bond acceptors (Lipinski definition) is 5. The molecule has 0 radical (unpaired) electrons. The molecule has 0 bridgehead atoms. The molecule has 2 fully saturated rings. The van der Waals surface area contributed by atoms with Gasteiger partial charge in [-0.25, -0.2) is 4.98 Å². The molecule has 0 saturated carbocycles. The van der Waals surface area contributed by atoms with Crippen LogP contribution < -0.4 is 15.5 Å². The first kappa shape index (κ1) is 18.9. The molecule has 1 aromatic rings. The fourth-order valence-electron chi connectivity index (χ4n) is 3.49. The first-order valence-electron chi connectivity index (χ1n) is 9.64. The number of nitrogens with one attached hydrogen (secondary N) is 2. The van der Waals surface area contributed by atoms with Gasteiger partial charge in [0.15, 0.2) is 11.1 Å². The fraction of sp³-hybridized carbons (Fsp3) is 0.722. The Bertz CT molecular complexity index is 625. The third kappa shape index (κ3) is 4.87. The molecular formula is C18H30N6OS. The highest BCUT2D eigenvalue weighted by Crippen LogP contribution is 2.24. The molecule has 1 unspecified atom stereocenters. The molecule has 7 nitrogen and oxygen atoms in total. The average molecular weight is 379 g/mol. The van der Waals surface area contributed by atoms with Gasteiger partial charge in [-0.2, -0.15) is 0 Å². The molecule has 2 saturated heterocycles. The molecular weight excluding hydrogens is 348 g/mol. The topological polar surface area (TPSA) is 72.9 Å². The zero-order valence-electron chi connectivity index (χ0n) is 15.8. The molecule has 0 spiro atoms. The predicted molar refractivity (Wildman–Crippen MR) is 107 cm³/mol. The van der Waals surface area contributed by atoms with E-state index in [1.165, 1.54) is 12.8 Å². The van der Waals surface area contributed by atoms with Crippen LogP contribution in [0.2, 0.25) is 0 Å². The van der Waals surface area contributed by atoms with E-state index in [1.807, 2.05) is 11.8 Å². The number of aliphatic imine (C=N–C) groups is 1. The zero-order chi connectivity index (χ0) is 18.4. The number of anilines is 1. The maximum absolute atomic E-state index is 11.8. The molecule has 2 aliphatic rings. The molecule has 8 heteroatoms. The smallest absolute Gasteiger partial charge is 0.222 e. The Hall–Kier alpha value is -1.83. The first-order valence-corrected chi connectivity index (χ1v) is 10.5. The van der Waals surface area contributed by atoms with Crippen LogP contribution in [-0.2, 0) is 11.2 Å². The molecule has 1 amide bonds. The van der Waals surface area contributed by atoms with Crippen molar-refractivity contribution in [2.75, 3.05) is 44.7 Å². The molecule has 3 rings (SSSR count). The average Bonchev–Trinajstić information content (AvgIpc) is 3.40. The van der Waals surface area contributed by atoms with E-state index in [1.54, 1.807) is 18.4 Å². The summed E-state index contributed by atoms with van der Waals surface area (Å²) in [5.41, 5.74) is 1.14.